The molecule has 2 aromatic heterocycles. The number of aryl methyl sites for hydroxylation is 1. The van der Waals surface area contributed by atoms with Gasteiger partial charge in [0.1, 0.15) is 23.2 Å². The largest absolute Gasteiger partial charge is 0.496 e. The van der Waals surface area contributed by atoms with E-state index in [2.05, 4.69) is 15.2 Å². The Hall–Kier alpha value is -3.56. The van der Waals surface area contributed by atoms with Gasteiger partial charge in [0.15, 0.2) is 0 Å². The summed E-state index contributed by atoms with van der Waals surface area (Å²) in [6.45, 7) is 4.36. The maximum absolute atomic E-state index is 14.8. The molecule has 0 bridgehead atoms. The summed E-state index contributed by atoms with van der Waals surface area (Å²) in [6, 6.07) is 10.1. The first kappa shape index (κ1) is 22.2. The molecular formula is C25H26FN5O3. The highest BCUT2D eigenvalue weighted by Gasteiger charge is 2.34. The summed E-state index contributed by atoms with van der Waals surface area (Å²) in [5.41, 5.74) is 2.72. The molecule has 8 nitrogen and oxygen atoms in total. The third-order valence-electron chi connectivity index (χ3n) is 6.30. The van der Waals surface area contributed by atoms with Crippen molar-refractivity contribution >= 4 is 17.5 Å². The van der Waals surface area contributed by atoms with Gasteiger partial charge in [-0.1, -0.05) is 6.07 Å². The van der Waals surface area contributed by atoms with Crippen molar-refractivity contribution in [2.75, 3.05) is 43.2 Å². The summed E-state index contributed by atoms with van der Waals surface area (Å²) in [5, 5.41) is 12.8. The third kappa shape index (κ3) is 3.86. The van der Waals surface area contributed by atoms with E-state index in [4.69, 9.17) is 9.72 Å². The number of fused-ring (bicyclic) bond motifs is 1. The molecule has 1 fully saturated rings. The zero-order chi connectivity index (χ0) is 23.8. The number of piperazine rings is 1. The Bertz CT molecular complexity index is 1250. The standard InChI is InChI=1S/C25H26FN5O3/c1-15-10-21(30-9-8-27-16(12-30)14-32)29-22(11-15)31-13-18-17(25(31)33)6-7-28-24(18)23-19(26)4-3-5-20(23)34-2/h3-7,10-11,16,27,32H,8-9,12-14H2,1-2H3/t16-/m0/s1. The lowest BCUT2D eigenvalue weighted by molar-refractivity contribution is 0.0996. The number of carbonyl (C=O) groups excluding carboxylic acids is 1. The van der Waals surface area contributed by atoms with Gasteiger partial charge < -0.3 is 20.1 Å². The Morgan fingerprint density at radius 2 is 2.09 bits per heavy atom. The minimum absolute atomic E-state index is 0.0263. The number of nitrogens with zero attached hydrogens (tertiary/aromatic N) is 4. The molecule has 1 saturated heterocycles. The van der Waals surface area contributed by atoms with Crippen molar-refractivity contribution in [1.29, 1.82) is 0 Å². The predicted octanol–water partition coefficient (Wildman–Crippen LogP) is 2.53. The van der Waals surface area contributed by atoms with Gasteiger partial charge in [-0.3, -0.25) is 14.7 Å². The number of ether oxygens (including phenoxy) is 1. The fourth-order valence-corrected chi connectivity index (χ4v) is 4.62. The van der Waals surface area contributed by atoms with Gasteiger partial charge >= 0.3 is 0 Å². The highest BCUT2D eigenvalue weighted by molar-refractivity contribution is 6.10. The molecule has 9 heteroatoms. The number of aliphatic hydroxyl groups is 1. The zero-order valence-electron chi connectivity index (χ0n) is 19.1. The Kier molecular flexibility index (Phi) is 5.89. The van der Waals surface area contributed by atoms with Crippen molar-refractivity contribution in [3.8, 4) is 17.0 Å². The minimum Gasteiger partial charge on any atom is -0.496 e. The molecular weight excluding hydrogens is 437 g/mol. The molecule has 0 radical (unpaired) electrons. The lowest BCUT2D eigenvalue weighted by Crippen LogP contribution is -2.52. The number of rotatable bonds is 5. The van der Waals surface area contributed by atoms with E-state index in [1.807, 2.05) is 19.1 Å². The second-order valence-corrected chi connectivity index (χ2v) is 8.53. The van der Waals surface area contributed by atoms with Gasteiger partial charge in [0.2, 0.25) is 0 Å². The summed E-state index contributed by atoms with van der Waals surface area (Å²) in [4.78, 5) is 26.3. The number of anilines is 2. The maximum Gasteiger partial charge on any atom is 0.260 e. The van der Waals surface area contributed by atoms with Crippen LogP contribution in [0.25, 0.3) is 11.3 Å². The Morgan fingerprint density at radius 1 is 1.26 bits per heavy atom. The molecule has 5 rings (SSSR count). The molecule has 0 unspecified atom stereocenters. The molecule has 3 aromatic rings. The van der Waals surface area contributed by atoms with Crippen molar-refractivity contribution in [2.45, 2.75) is 19.5 Å². The monoisotopic (exact) mass is 463 g/mol. The van der Waals surface area contributed by atoms with Gasteiger partial charge in [-0.15, -0.1) is 0 Å². The molecule has 2 aliphatic rings. The molecule has 1 aromatic carbocycles. The molecule has 0 aliphatic carbocycles. The fourth-order valence-electron chi connectivity index (χ4n) is 4.62. The maximum atomic E-state index is 14.8. The summed E-state index contributed by atoms with van der Waals surface area (Å²) in [5.74, 6) is 0.986. The van der Waals surface area contributed by atoms with E-state index < -0.39 is 5.82 Å². The topological polar surface area (TPSA) is 90.8 Å². The number of aliphatic hydroxyl groups excluding tert-OH is 1. The second-order valence-electron chi connectivity index (χ2n) is 8.53. The van der Waals surface area contributed by atoms with Crippen LogP contribution in [-0.2, 0) is 6.54 Å². The highest BCUT2D eigenvalue weighted by atomic mass is 19.1. The summed E-state index contributed by atoms with van der Waals surface area (Å²) in [6.07, 6.45) is 1.52. The van der Waals surface area contributed by atoms with Gasteiger partial charge in [0.05, 0.1) is 31.5 Å². The molecule has 176 valence electrons. The van der Waals surface area contributed by atoms with E-state index in [0.717, 1.165) is 24.5 Å². The fraction of sp³-hybridized carbons (Fsp3) is 0.320. The van der Waals surface area contributed by atoms with Gasteiger partial charge in [-0.25, -0.2) is 9.37 Å². The van der Waals surface area contributed by atoms with Crippen LogP contribution < -0.4 is 19.9 Å². The SMILES string of the molecule is COc1cccc(F)c1-c1nccc2c1CN(c1cc(C)cc(N3CCN[C@H](CO)C3)n1)C2=O. The van der Waals surface area contributed by atoms with Gasteiger partial charge in [0, 0.05) is 43.0 Å². The molecule has 1 amide bonds. The number of hydrogen-bond acceptors (Lipinski definition) is 7. The van der Waals surface area contributed by atoms with Crippen LogP contribution in [0.1, 0.15) is 21.5 Å². The average Bonchev–Trinajstić information content (AvgIpc) is 3.20. The third-order valence-corrected chi connectivity index (χ3v) is 6.30. The molecule has 0 spiro atoms. The smallest absolute Gasteiger partial charge is 0.260 e. The number of nitrogens with one attached hydrogen (secondary N) is 1. The quantitative estimate of drug-likeness (QED) is 0.601. The molecule has 0 saturated carbocycles. The molecule has 4 heterocycles. The first-order valence-electron chi connectivity index (χ1n) is 11.2. The van der Waals surface area contributed by atoms with E-state index in [1.165, 1.54) is 19.4 Å². The van der Waals surface area contributed by atoms with Crippen molar-refractivity contribution in [3.05, 3.63) is 65.1 Å². The number of aromatic nitrogens is 2. The van der Waals surface area contributed by atoms with Crippen LogP contribution in [0.3, 0.4) is 0 Å². The van der Waals surface area contributed by atoms with Gasteiger partial charge in [-0.2, -0.15) is 0 Å². The number of halogens is 1. The van der Waals surface area contributed by atoms with Crippen LogP contribution >= 0.6 is 0 Å². The van der Waals surface area contributed by atoms with Crippen molar-refractivity contribution in [2.24, 2.45) is 0 Å². The number of pyridine rings is 2. The summed E-state index contributed by atoms with van der Waals surface area (Å²) >= 11 is 0. The van der Waals surface area contributed by atoms with Crippen LogP contribution in [-0.4, -0.2) is 60.4 Å². The lowest BCUT2D eigenvalue weighted by atomic mass is 10.0. The highest BCUT2D eigenvalue weighted by Crippen LogP contribution is 2.38. The minimum atomic E-state index is -0.459. The number of hydrogen-bond donors (Lipinski definition) is 2. The van der Waals surface area contributed by atoms with E-state index >= 15 is 0 Å². The number of benzene rings is 1. The average molecular weight is 464 g/mol. The number of methoxy groups -OCH3 is 1. The first-order valence-corrected chi connectivity index (χ1v) is 11.2. The number of carbonyl (C=O) groups is 1. The second kappa shape index (κ2) is 9.00. The normalized spacial score (nSPS) is 17.8. The van der Waals surface area contributed by atoms with Crippen LogP contribution in [0.4, 0.5) is 16.0 Å². The van der Waals surface area contributed by atoms with Crippen molar-refractivity contribution < 1.29 is 19.0 Å². The molecule has 34 heavy (non-hydrogen) atoms. The lowest BCUT2D eigenvalue weighted by Gasteiger charge is -2.34. The Labute approximate surface area is 197 Å². The molecule has 2 aliphatic heterocycles. The van der Waals surface area contributed by atoms with Crippen LogP contribution in [0.15, 0.2) is 42.6 Å². The van der Waals surface area contributed by atoms with Crippen LogP contribution in [0.2, 0.25) is 0 Å². The van der Waals surface area contributed by atoms with Crippen molar-refractivity contribution in [1.82, 2.24) is 15.3 Å². The molecule has 2 N–H and O–H groups in total. The van der Waals surface area contributed by atoms with E-state index in [0.29, 0.717) is 34.9 Å². The Morgan fingerprint density at radius 3 is 2.88 bits per heavy atom. The van der Waals surface area contributed by atoms with E-state index in [-0.39, 0.29) is 30.7 Å². The Balaban J connectivity index is 1.52. The van der Waals surface area contributed by atoms with Crippen LogP contribution in [0.5, 0.6) is 5.75 Å². The summed E-state index contributed by atoms with van der Waals surface area (Å²) < 4.78 is 20.2. The molecule has 1 atom stereocenters. The first-order chi connectivity index (χ1) is 16.5. The predicted molar refractivity (Wildman–Crippen MR) is 127 cm³/mol. The van der Waals surface area contributed by atoms with Crippen LogP contribution in [0, 0.1) is 12.7 Å². The van der Waals surface area contributed by atoms with Crippen molar-refractivity contribution in [3.63, 3.8) is 0 Å². The number of amides is 1. The van der Waals surface area contributed by atoms with Gasteiger partial charge in [-0.05, 0) is 42.8 Å². The van der Waals surface area contributed by atoms with E-state index in [9.17, 15) is 14.3 Å². The zero-order valence-corrected chi connectivity index (χ0v) is 19.1. The van der Waals surface area contributed by atoms with Gasteiger partial charge in [0.25, 0.3) is 5.91 Å². The van der Waals surface area contributed by atoms with E-state index in [1.54, 1.807) is 23.1 Å². The summed E-state index contributed by atoms with van der Waals surface area (Å²) in [7, 11) is 1.48.